The second-order valence-corrected chi connectivity index (χ2v) is 13.6. The number of nitrogens with zero attached hydrogens (tertiary/aromatic N) is 4. The number of hydrogen-bond acceptors (Lipinski definition) is 4. The lowest BCUT2D eigenvalue weighted by molar-refractivity contribution is 0.669. The van der Waals surface area contributed by atoms with Gasteiger partial charge in [-0.05, 0) is 52.9 Å². The molecule has 11 aromatic rings. The van der Waals surface area contributed by atoms with E-state index in [0.717, 1.165) is 77.2 Å². The van der Waals surface area contributed by atoms with E-state index in [2.05, 4.69) is 114 Å². The Morgan fingerprint density at radius 1 is 0.352 bits per heavy atom. The van der Waals surface area contributed by atoms with E-state index in [1.807, 2.05) is 72.8 Å². The molecule has 8 aromatic carbocycles. The van der Waals surface area contributed by atoms with Gasteiger partial charge in [-0.15, -0.1) is 0 Å². The third kappa shape index (κ3) is 4.76. The molecular weight excluding hydrogens is 661 g/mol. The van der Waals surface area contributed by atoms with Crippen molar-refractivity contribution in [1.82, 2.24) is 19.5 Å². The van der Waals surface area contributed by atoms with E-state index in [1.54, 1.807) is 0 Å². The van der Waals surface area contributed by atoms with Crippen LogP contribution in [0.3, 0.4) is 0 Å². The smallest absolute Gasteiger partial charge is 0.164 e. The number of fused-ring (bicyclic) bond motifs is 7. The predicted molar refractivity (Wildman–Crippen MR) is 221 cm³/mol. The second-order valence-electron chi connectivity index (χ2n) is 13.6. The first-order valence-electron chi connectivity index (χ1n) is 18.1. The fourth-order valence-electron chi connectivity index (χ4n) is 8.01. The topological polar surface area (TPSA) is 56.7 Å². The molecule has 3 aromatic heterocycles. The SMILES string of the molecule is c1ccc(-c2nc(-c3ccccc3)nc(-c3ccc(-n4c5ccccc5c5ccc(-c6cccc7oc8ccccc8c67)cc54)c4ccccc34)n2)cc1. The molecule has 0 saturated carbocycles. The molecule has 54 heavy (non-hydrogen) atoms. The van der Waals surface area contributed by atoms with Crippen LogP contribution in [0.5, 0.6) is 0 Å². The molecule has 5 nitrogen and oxygen atoms in total. The molecule has 5 heteroatoms. The molecule has 0 N–H and O–H groups in total. The zero-order chi connectivity index (χ0) is 35.6. The Labute approximate surface area is 310 Å². The van der Waals surface area contributed by atoms with Crippen LogP contribution in [0.1, 0.15) is 0 Å². The van der Waals surface area contributed by atoms with E-state index in [9.17, 15) is 0 Å². The highest BCUT2D eigenvalue weighted by atomic mass is 16.3. The Kier molecular flexibility index (Phi) is 6.79. The molecule has 0 aliphatic rings. The van der Waals surface area contributed by atoms with Gasteiger partial charge in [0.05, 0.1) is 16.7 Å². The monoisotopic (exact) mass is 690 g/mol. The summed E-state index contributed by atoms with van der Waals surface area (Å²) in [6, 6.07) is 63.3. The van der Waals surface area contributed by atoms with Gasteiger partial charge in [0.1, 0.15) is 11.2 Å². The Bertz CT molecular complexity index is 3160. The van der Waals surface area contributed by atoms with Crippen molar-refractivity contribution < 1.29 is 4.42 Å². The first-order valence-corrected chi connectivity index (χ1v) is 18.1. The molecule has 3 heterocycles. The van der Waals surface area contributed by atoms with Crippen LogP contribution in [0.25, 0.3) is 105 Å². The van der Waals surface area contributed by atoms with Crippen LogP contribution in [0.2, 0.25) is 0 Å². The average molecular weight is 691 g/mol. The molecule has 0 atom stereocenters. The standard InChI is InChI=1S/C49H30N4O/c1-3-14-31(15-4-1)47-50-48(32-16-5-2-6-17-32)52-49(51-47)39-28-29-42(36-19-8-7-18-35(36)39)53-41-23-11-9-20-37(41)38-27-26-33(30-43(38)53)34-22-13-25-45-46(34)40-21-10-12-24-44(40)54-45/h1-30H. The fraction of sp³-hybridized carbons (Fsp3) is 0. The Morgan fingerprint density at radius 3 is 1.70 bits per heavy atom. The molecule has 0 saturated heterocycles. The van der Waals surface area contributed by atoms with Gasteiger partial charge in [-0.25, -0.2) is 15.0 Å². The maximum absolute atomic E-state index is 6.28. The van der Waals surface area contributed by atoms with Crippen molar-refractivity contribution in [2.75, 3.05) is 0 Å². The van der Waals surface area contributed by atoms with Crippen LogP contribution in [-0.2, 0) is 0 Å². The maximum atomic E-state index is 6.28. The zero-order valence-electron chi connectivity index (χ0n) is 29.0. The van der Waals surface area contributed by atoms with Gasteiger partial charge in [-0.3, -0.25) is 0 Å². The van der Waals surface area contributed by atoms with Gasteiger partial charge >= 0.3 is 0 Å². The fourth-order valence-corrected chi connectivity index (χ4v) is 8.01. The van der Waals surface area contributed by atoms with E-state index < -0.39 is 0 Å². The van der Waals surface area contributed by atoms with Crippen LogP contribution in [-0.4, -0.2) is 19.5 Å². The minimum absolute atomic E-state index is 0.635. The highest BCUT2D eigenvalue weighted by Gasteiger charge is 2.20. The van der Waals surface area contributed by atoms with Gasteiger partial charge in [0.25, 0.3) is 0 Å². The van der Waals surface area contributed by atoms with E-state index >= 15 is 0 Å². The van der Waals surface area contributed by atoms with Crippen molar-refractivity contribution in [1.29, 1.82) is 0 Å². The Balaban J connectivity index is 1.15. The zero-order valence-corrected chi connectivity index (χ0v) is 29.0. The van der Waals surface area contributed by atoms with E-state index in [4.69, 9.17) is 19.4 Å². The second kappa shape index (κ2) is 12.1. The highest BCUT2D eigenvalue weighted by Crippen LogP contribution is 2.41. The van der Waals surface area contributed by atoms with Crippen LogP contribution in [0.15, 0.2) is 186 Å². The molecule has 0 aliphatic heterocycles. The van der Waals surface area contributed by atoms with Crippen molar-refractivity contribution in [3.05, 3.63) is 182 Å². The summed E-state index contributed by atoms with van der Waals surface area (Å²) >= 11 is 0. The molecule has 0 amide bonds. The molecule has 0 aliphatic carbocycles. The lowest BCUT2D eigenvalue weighted by Gasteiger charge is -2.15. The molecule has 0 radical (unpaired) electrons. The Hall–Kier alpha value is -7.37. The van der Waals surface area contributed by atoms with Gasteiger partial charge in [-0.1, -0.05) is 146 Å². The summed E-state index contributed by atoms with van der Waals surface area (Å²) in [5.74, 6) is 1.92. The molecule has 0 spiro atoms. The summed E-state index contributed by atoms with van der Waals surface area (Å²) in [6.07, 6.45) is 0. The van der Waals surface area contributed by atoms with Gasteiger partial charge in [0, 0.05) is 43.6 Å². The largest absolute Gasteiger partial charge is 0.456 e. The predicted octanol–water partition coefficient (Wildman–Crippen LogP) is 12.7. The number of para-hydroxylation sites is 2. The van der Waals surface area contributed by atoms with Crippen molar-refractivity contribution in [2.24, 2.45) is 0 Å². The minimum Gasteiger partial charge on any atom is -0.456 e. The van der Waals surface area contributed by atoms with E-state index in [0.29, 0.717) is 17.5 Å². The van der Waals surface area contributed by atoms with Crippen LogP contribution < -0.4 is 0 Å². The summed E-state index contributed by atoms with van der Waals surface area (Å²) < 4.78 is 8.69. The average Bonchev–Trinajstić information content (AvgIpc) is 3.79. The maximum Gasteiger partial charge on any atom is 0.164 e. The summed E-state index contributed by atoms with van der Waals surface area (Å²) in [5.41, 5.74) is 10.3. The lowest BCUT2D eigenvalue weighted by Crippen LogP contribution is -2.01. The minimum atomic E-state index is 0.635. The van der Waals surface area contributed by atoms with E-state index in [1.165, 1.54) is 10.8 Å². The van der Waals surface area contributed by atoms with Crippen molar-refractivity contribution in [3.63, 3.8) is 0 Å². The van der Waals surface area contributed by atoms with Crippen LogP contribution in [0, 0.1) is 0 Å². The molecule has 0 fully saturated rings. The Morgan fingerprint density at radius 2 is 0.944 bits per heavy atom. The molecule has 252 valence electrons. The molecule has 0 bridgehead atoms. The highest BCUT2D eigenvalue weighted by molar-refractivity contribution is 6.15. The first-order chi connectivity index (χ1) is 26.8. The van der Waals surface area contributed by atoms with Crippen molar-refractivity contribution in [2.45, 2.75) is 0 Å². The lowest BCUT2D eigenvalue weighted by atomic mass is 9.98. The molecular formula is C49H30N4O. The summed E-state index contributed by atoms with van der Waals surface area (Å²) in [7, 11) is 0. The summed E-state index contributed by atoms with van der Waals surface area (Å²) in [4.78, 5) is 15.1. The van der Waals surface area contributed by atoms with Crippen molar-refractivity contribution in [3.8, 4) is 51.0 Å². The van der Waals surface area contributed by atoms with Gasteiger partial charge < -0.3 is 8.98 Å². The number of furan rings is 1. The number of benzene rings is 8. The molecule has 11 rings (SSSR count). The number of rotatable bonds is 5. The van der Waals surface area contributed by atoms with Crippen molar-refractivity contribution >= 4 is 54.5 Å². The third-order valence-electron chi connectivity index (χ3n) is 10.5. The summed E-state index contributed by atoms with van der Waals surface area (Å²) in [6.45, 7) is 0. The normalized spacial score (nSPS) is 11.7. The van der Waals surface area contributed by atoms with Crippen LogP contribution in [0.4, 0.5) is 0 Å². The first kappa shape index (κ1) is 30.3. The van der Waals surface area contributed by atoms with E-state index in [-0.39, 0.29) is 0 Å². The van der Waals surface area contributed by atoms with Crippen LogP contribution >= 0.6 is 0 Å². The number of hydrogen-bond donors (Lipinski definition) is 0. The van der Waals surface area contributed by atoms with Gasteiger partial charge in [-0.2, -0.15) is 0 Å². The molecule has 0 unspecified atom stereocenters. The van der Waals surface area contributed by atoms with Gasteiger partial charge in [0.2, 0.25) is 0 Å². The van der Waals surface area contributed by atoms with Gasteiger partial charge in [0.15, 0.2) is 17.5 Å². The number of aromatic nitrogens is 4. The summed E-state index contributed by atoms with van der Waals surface area (Å²) in [5, 5.41) is 6.83. The quantitative estimate of drug-likeness (QED) is 0.180. The third-order valence-corrected chi connectivity index (χ3v) is 10.5.